The molecule has 3 nitrogen and oxygen atoms in total. The second-order valence-electron chi connectivity index (χ2n) is 4.69. The average Bonchev–Trinajstić information content (AvgIpc) is 2.85. The van der Waals surface area contributed by atoms with Gasteiger partial charge in [0.25, 0.3) is 0 Å². The van der Waals surface area contributed by atoms with E-state index in [9.17, 15) is 0 Å². The molecule has 0 atom stereocenters. The summed E-state index contributed by atoms with van der Waals surface area (Å²) in [6.45, 7) is 7.59. The Labute approximate surface area is 119 Å². The van der Waals surface area contributed by atoms with Crippen LogP contribution in [0.4, 0.5) is 0 Å². The van der Waals surface area contributed by atoms with E-state index < -0.39 is 0 Å². The number of rotatable bonds is 5. The van der Waals surface area contributed by atoms with Gasteiger partial charge in [0.2, 0.25) is 0 Å². The Morgan fingerprint density at radius 1 is 1.21 bits per heavy atom. The standard InChI is InChI=1S/C15H19ClN2O/c1-4-18-9-14(8-17-18)10-19-15-11(2)5-13(7-16)6-12(15)3/h5-6,8-9H,4,7,10H2,1-3H3. The Balaban J connectivity index is 2.11. The molecule has 0 radical (unpaired) electrons. The number of ether oxygens (including phenoxy) is 1. The van der Waals surface area contributed by atoms with E-state index >= 15 is 0 Å². The fraction of sp³-hybridized carbons (Fsp3) is 0.400. The van der Waals surface area contributed by atoms with E-state index in [0.717, 1.165) is 34.5 Å². The van der Waals surface area contributed by atoms with Crippen LogP contribution < -0.4 is 4.74 Å². The molecule has 1 heterocycles. The van der Waals surface area contributed by atoms with E-state index in [1.54, 1.807) is 0 Å². The van der Waals surface area contributed by atoms with E-state index in [2.05, 4.69) is 24.2 Å². The largest absolute Gasteiger partial charge is 0.488 e. The first-order valence-electron chi connectivity index (χ1n) is 6.44. The van der Waals surface area contributed by atoms with E-state index in [1.165, 1.54) is 0 Å². The summed E-state index contributed by atoms with van der Waals surface area (Å²) < 4.78 is 7.81. The molecular weight excluding hydrogens is 260 g/mol. The van der Waals surface area contributed by atoms with Gasteiger partial charge in [0, 0.05) is 24.2 Å². The van der Waals surface area contributed by atoms with Gasteiger partial charge in [-0.05, 0) is 37.5 Å². The van der Waals surface area contributed by atoms with Gasteiger partial charge in [-0.3, -0.25) is 4.68 Å². The van der Waals surface area contributed by atoms with Crippen molar-refractivity contribution in [2.24, 2.45) is 0 Å². The van der Waals surface area contributed by atoms with Crippen molar-refractivity contribution < 1.29 is 4.74 Å². The number of halogens is 1. The number of benzene rings is 1. The van der Waals surface area contributed by atoms with Crippen LogP contribution in [0.3, 0.4) is 0 Å². The minimum atomic E-state index is 0.533. The maximum Gasteiger partial charge on any atom is 0.125 e. The third-order valence-corrected chi connectivity index (χ3v) is 3.38. The molecule has 0 saturated carbocycles. The van der Waals surface area contributed by atoms with Crippen molar-refractivity contribution in [3.63, 3.8) is 0 Å². The number of hydrogen-bond acceptors (Lipinski definition) is 2. The lowest BCUT2D eigenvalue weighted by molar-refractivity contribution is 0.301. The normalized spacial score (nSPS) is 10.7. The highest BCUT2D eigenvalue weighted by Crippen LogP contribution is 2.26. The molecule has 0 bridgehead atoms. The van der Waals surface area contributed by atoms with Crippen molar-refractivity contribution in [2.45, 2.75) is 39.8 Å². The number of hydrogen-bond donors (Lipinski definition) is 0. The fourth-order valence-corrected chi connectivity index (χ4v) is 2.31. The summed E-state index contributed by atoms with van der Waals surface area (Å²) in [7, 11) is 0. The Bertz CT molecular complexity index is 540. The lowest BCUT2D eigenvalue weighted by atomic mass is 10.1. The van der Waals surface area contributed by atoms with Crippen LogP contribution in [0, 0.1) is 13.8 Å². The minimum Gasteiger partial charge on any atom is -0.488 e. The first kappa shape index (κ1) is 13.9. The molecule has 0 spiro atoms. The maximum absolute atomic E-state index is 5.91. The van der Waals surface area contributed by atoms with Gasteiger partial charge in [0.15, 0.2) is 0 Å². The summed E-state index contributed by atoms with van der Waals surface area (Å²) in [6.07, 6.45) is 3.86. The lowest BCUT2D eigenvalue weighted by Gasteiger charge is -2.12. The number of aryl methyl sites for hydroxylation is 3. The number of aromatic nitrogens is 2. The first-order valence-corrected chi connectivity index (χ1v) is 6.97. The highest BCUT2D eigenvalue weighted by Gasteiger charge is 2.07. The molecule has 19 heavy (non-hydrogen) atoms. The van der Waals surface area contributed by atoms with Gasteiger partial charge < -0.3 is 4.74 Å². The number of alkyl halides is 1. The highest BCUT2D eigenvalue weighted by molar-refractivity contribution is 6.17. The third-order valence-electron chi connectivity index (χ3n) is 3.07. The van der Waals surface area contributed by atoms with Crippen molar-refractivity contribution in [1.29, 1.82) is 0 Å². The molecule has 0 amide bonds. The first-order chi connectivity index (χ1) is 9.13. The van der Waals surface area contributed by atoms with Crippen molar-refractivity contribution >= 4 is 11.6 Å². The summed E-state index contributed by atoms with van der Waals surface area (Å²) in [5.41, 5.74) is 4.46. The Morgan fingerprint density at radius 2 is 1.89 bits per heavy atom. The second kappa shape index (κ2) is 6.11. The molecule has 0 unspecified atom stereocenters. The van der Waals surface area contributed by atoms with Gasteiger partial charge in [0.05, 0.1) is 6.20 Å². The lowest BCUT2D eigenvalue weighted by Crippen LogP contribution is -1.99. The van der Waals surface area contributed by atoms with Crippen LogP contribution in [0.25, 0.3) is 0 Å². The molecule has 0 N–H and O–H groups in total. The van der Waals surface area contributed by atoms with Gasteiger partial charge >= 0.3 is 0 Å². The fourth-order valence-electron chi connectivity index (χ4n) is 2.15. The van der Waals surface area contributed by atoms with Crippen LogP contribution in [-0.2, 0) is 19.0 Å². The molecular formula is C15H19ClN2O. The summed E-state index contributed by atoms with van der Waals surface area (Å²) in [4.78, 5) is 0. The monoisotopic (exact) mass is 278 g/mol. The van der Waals surface area contributed by atoms with Crippen LogP contribution in [0.5, 0.6) is 5.75 Å². The molecule has 0 aliphatic rings. The molecule has 102 valence electrons. The summed E-state index contributed by atoms with van der Waals surface area (Å²) in [6, 6.07) is 4.15. The zero-order valence-electron chi connectivity index (χ0n) is 11.6. The smallest absolute Gasteiger partial charge is 0.125 e. The van der Waals surface area contributed by atoms with Gasteiger partial charge in [-0.2, -0.15) is 5.10 Å². The van der Waals surface area contributed by atoms with E-state index in [4.69, 9.17) is 16.3 Å². The zero-order chi connectivity index (χ0) is 13.8. The molecule has 0 saturated heterocycles. The molecule has 0 aliphatic heterocycles. The van der Waals surface area contributed by atoms with Crippen LogP contribution in [0.2, 0.25) is 0 Å². The summed E-state index contributed by atoms with van der Waals surface area (Å²) >= 11 is 5.86. The van der Waals surface area contributed by atoms with Gasteiger partial charge in [-0.15, -0.1) is 11.6 Å². The molecule has 0 fully saturated rings. The average molecular weight is 279 g/mol. The van der Waals surface area contributed by atoms with Crippen molar-refractivity contribution in [3.05, 3.63) is 46.8 Å². The molecule has 2 aromatic rings. The SMILES string of the molecule is CCn1cc(COc2c(C)cc(CCl)cc2C)cn1. The van der Waals surface area contributed by atoms with E-state index in [-0.39, 0.29) is 0 Å². The minimum absolute atomic E-state index is 0.533. The van der Waals surface area contributed by atoms with Gasteiger partial charge in [-0.1, -0.05) is 12.1 Å². The van der Waals surface area contributed by atoms with Crippen LogP contribution in [-0.4, -0.2) is 9.78 Å². The molecule has 2 rings (SSSR count). The summed E-state index contributed by atoms with van der Waals surface area (Å²) in [5, 5.41) is 4.24. The predicted octanol–water partition coefficient (Wildman–Crippen LogP) is 3.84. The van der Waals surface area contributed by atoms with Gasteiger partial charge in [-0.25, -0.2) is 0 Å². The van der Waals surface area contributed by atoms with Gasteiger partial charge in [0.1, 0.15) is 12.4 Å². The summed E-state index contributed by atoms with van der Waals surface area (Å²) in [5.74, 6) is 1.48. The molecule has 4 heteroatoms. The van der Waals surface area contributed by atoms with Crippen LogP contribution >= 0.6 is 11.6 Å². The topological polar surface area (TPSA) is 27.1 Å². The van der Waals surface area contributed by atoms with Crippen molar-refractivity contribution in [1.82, 2.24) is 9.78 Å². The van der Waals surface area contributed by atoms with Crippen LogP contribution in [0.15, 0.2) is 24.5 Å². The zero-order valence-corrected chi connectivity index (χ0v) is 12.4. The number of nitrogens with zero attached hydrogens (tertiary/aromatic N) is 2. The van der Waals surface area contributed by atoms with Crippen molar-refractivity contribution in [2.75, 3.05) is 0 Å². The van der Waals surface area contributed by atoms with Crippen molar-refractivity contribution in [3.8, 4) is 5.75 Å². The second-order valence-corrected chi connectivity index (χ2v) is 4.95. The maximum atomic E-state index is 5.91. The molecule has 1 aromatic carbocycles. The van der Waals surface area contributed by atoms with E-state index in [1.807, 2.05) is 30.9 Å². The Hall–Kier alpha value is -1.48. The highest BCUT2D eigenvalue weighted by atomic mass is 35.5. The Morgan fingerprint density at radius 3 is 2.42 bits per heavy atom. The van der Waals surface area contributed by atoms with Crippen LogP contribution in [0.1, 0.15) is 29.2 Å². The Kier molecular flexibility index (Phi) is 4.48. The third kappa shape index (κ3) is 3.29. The molecule has 0 aliphatic carbocycles. The van der Waals surface area contributed by atoms with E-state index in [0.29, 0.717) is 12.5 Å². The quantitative estimate of drug-likeness (QED) is 0.777. The predicted molar refractivity (Wildman–Crippen MR) is 77.7 cm³/mol. The molecule has 1 aromatic heterocycles.